The van der Waals surface area contributed by atoms with E-state index < -0.39 is 6.04 Å². The van der Waals surface area contributed by atoms with Gasteiger partial charge in [0.2, 0.25) is 11.8 Å². The van der Waals surface area contributed by atoms with Gasteiger partial charge in [-0.25, -0.2) is 0 Å². The van der Waals surface area contributed by atoms with Gasteiger partial charge in [0.1, 0.15) is 17.5 Å². The number of hydrogen-bond acceptors (Lipinski definition) is 5. The van der Waals surface area contributed by atoms with Gasteiger partial charge in [0.25, 0.3) is 5.91 Å². The predicted molar refractivity (Wildman–Crippen MR) is 141 cm³/mol. The second-order valence-electron chi connectivity index (χ2n) is 11.4. The smallest absolute Gasteiger partial charge is 0.271 e. The van der Waals surface area contributed by atoms with E-state index in [1.54, 1.807) is 37.3 Å². The van der Waals surface area contributed by atoms with E-state index in [2.05, 4.69) is 20.9 Å². The Labute approximate surface area is 222 Å². The zero-order valence-corrected chi connectivity index (χ0v) is 22.6. The number of rotatable bonds is 7. The highest BCUT2D eigenvalue weighted by Crippen LogP contribution is 2.43. The highest BCUT2D eigenvalue weighted by atomic mass is 35.5. The number of methoxy groups -OCH3 is 1. The fraction of sp³-hybridized carbons (Fsp3) is 0.593. The highest BCUT2D eigenvalue weighted by Gasteiger charge is 2.50. The van der Waals surface area contributed by atoms with Crippen LogP contribution in [0.3, 0.4) is 0 Å². The third kappa shape index (κ3) is 4.91. The summed E-state index contributed by atoms with van der Waals surface area (Å²) in [7, 11) is 3.35. The maximum Gasteiger partial charge on any atom is 0.271 e. The number of benzene rings is 1. The Morgan fingerprint density at radius 2 is 2.05 bits per heavy atom. The van der Waals surface area contributed by atoms with Crippen molar-refractivity contribution in [1.29, 1.82) is 0 Å². The Kier molecular flexibility index (Phi) is 6.87. The van der Waals surface area contributed by atoms with Crippen LogP contribution in [0.25, 0.3) is 10.9 Å². The van der Waals surface area contributed by atoms with Gasteiger partial charge < -0.3 is 30.6 Å². The van der Waals surface area contributed by atoms with Crippen LogP contribution in [0.4, 0.5) is 0 Å². The van der Waals surface area contributed by atoms with E-state index in [0.29, 0.717) is 47.3 Å². The first-order valence-electron chi connectivity index (χ1n) is 13.1. The molecule has 3 heterocycles. The summed E-state index contributed by atoms with van der Waals surface area (Å²) in [6.07, 6.45) is 3.85. The van der Waals surface area contributed by atoms with Crippen molar-refractivity contribution in [2.75, 3.05) is 20.7 Å². The van der Waals surface area contributed by atoms with Crippen LogP contribution in [-0.2, 0) is 9.59 Å². The molecule has 200 valence electrons. The van der Waals surface area contributed by atoms with Crippen LogP contribution in [-0.4, -0.2) is 66.1 Å². The molecule has 3 fully saturated rings. The topological polar surface area (TPSA) is 116 Å². The SMILES string of the molecule is CNC(CC1CC(C)(C)NC1=O)NC(=O)C1C2CCCC2CN1C(=O)c1cc2c(OC)cc(Cl)cc2[nH]1. The number of amides is 3. The normalized spacial score (nSPS) is 27.3. The number of aromatic nitrogens is 1. The van der Waals surface area contributed by atoms with Crippen molar-refractivity contribution in [1.82, 2.24) is 25.8 Å². The predicted octanol–water partition coefficient (Wildman–Crippen LogP) is 3.04. The Bertz CT molecular complexity index is 1230. The van der Waals surface area contributed by atoms with Crippen LogP contribution >= 0.6 is 11.6 Å². The van der Waals surface area contributed by atoms with Crippen molar-refractivity contribution in [3.05, 3.63) is 28.9 Å². The van der Waals surface area contributed by atoms with Crippen molar-refractivity contribution in [2.24, 2.45) is 17.8 Å². The first-order chi connectivity index (χ1) is 17.6. The molecular formula is C27H36ClN5O4. The molecule has 2 saturated heterocycles. The molecule has 1 aliphatic carbocycles. The lowest BCUT2D eigenvalue weighted by atomic mass is 9.92. The van der Waals surface area contributed by atoms with Gasteiger partial charge in [-0.2, -0.15) is 0 Å². The van der Waals surface area contributed by atoms with Crippen molar-refractivity contribution >= 4 is 40.2 Å². The molecule has 37 heavy (non-hydrogen) atoms. The summed E-state index contributed by atoms with van der Waals surface area (Å²) >= 11 is 6.22. The average Bonchev–Trinajstić information content (AvgIpc) is 3.59. The summed E-state index contributed by atoms with van der Waals surface area (Å²) in [4.78, 5) is 44.8. The van der Waals surface area contributed by atoms with Crippen LogP contribution in [0, 0.1) is 17.8 Å². The Morgan fingerprint density at radius 3 is 2.73 bits per heavy atom. The Hall–Kier alpha value is -2.78. The molecule has 5 rings (SSSR count). The van der Waals surface area contributed by atoms with Crippen LogP contribution in [0.2, 0.25) is 5.02 Å². The maximum atomic E-state index is 13.8. The molecule has 1 aromatic heterocycles. The van der Waals surface area contributed by atoms with E-state index in [1.807, 2.05) is 13.8 Å². The van der Waals surface area contributed by atoms with Gasteiger partial charge in [0.05, 0.1) is 18.8 Å². The Balaban J connectivity index is 1.36. The molecule has 2 aliphatic heterocycles. The number of fused-ring (bicyclic) bond motifs is 2. The number of carbonyl (C=O) groups is 3. The summed E-state index contributed by atoms with van der Waals surface area (Å²) in [6, 6.07) is 4.69. The summed E-state index contributed by atoms with van der Waals surface area (Å²) in [5.74, 6) is 0.481. The summed E-state index contributed by atoms with van der Waals surface area (Å²) in [6.45, 7) is 4.57. The minimum Gasteiger partial charge on any atom is -0.496 e. The molecule has 5 atom stereocenters. The molecular weight excluding hydrogens is 494 g/mol. The zero-order valence-electron chi connectivity index (χ0n) is 21.8. The first kappa shape index (κ1) is 25.9. The molecule has 5 unspecified atom stereocenters. The number of H-pyrrole nitrogens is 1. The van der Waals surface area contributed by atoms with Gasteiger partial charge in [0.15, 0.2) is 0 Å². The van der Waals surface area contributed by atoms with E-state index >= 15 is 0 Å². The van der Waals surface area contributed by atoms with E-state index in [1.165, 1.54) is 0 Å². The van der Waals surface area contributed by atoms with Gasteiger partial charge in [-0.1, -0.05) is 18.0 Å². The largest absolute Gasteiger partial charge is 0.496 e. The number of likely N-dealkylation sites (tertiary alicyclic amines) is 1. The molecule has 10 heteroatoms. The van der Waals surface area contributed by atoms with Crippen LogP contribution in [0.5, 0.6) is 5.75 Å². The van der Waals surface area contributed by atoms with Crippen molar-refractivity contribution < 1.29 is 19.1 Å². The average molecular weight is 530 g/mol. The number of nitrogens with zero attached hydrogens (tertiary/aromatic N) is 1. The minimum absolute atomic E-state index is 0.0161. The third-order valence-corrected chi connectivity index (χ3v) is 8.53. The van der Waals surface area contributed by atoms with E-state index in [0.717, 1.165) is 24.6 Å². The first-order valence-corrected chi connectivity index (χ1v) is 13.4. The molecule has 1 aromatic carbocycles. The van der Waals surface area contributed by atoms with Crippen molar-refractivity contribution in [3.8, 4) is 5.75 Å². The van der Waals surface area contributed by atoms with Crippen molar-refractivity contribution in [3.63, 3.8) is 0 Å². The van der Waals surface area contributed by atoms with Gasteiger partial charge in [-0.05, 0) is 76.6 Å². The zero-order chi connectivity index (χ0) is 26.5. The maximum absolute atomic E-state index is 13.8. The summed E-state index contributed by atoms with van der Waals surface area (Å²) in [5.41, 5.74) is 0.868. The van der Waals surface area contributed by atoms with Gasteiger partial charge in [0, 0.05) is 28.4 Å². The molecule has 1 saturated carbocycles. The molecule has 0 bridgehead atoms. The number of aromatic amines is 1. The molecule has 9 nitrogen and oxygen atoms in total. The lowest BCUT2D eigenvalue weighted by molar-refractivity contribution is -0.128. The van der Waals surface area contributed by atoms with Crippen LogP contribution in [0.1, 0.15) is 56.4 Å². The van der Waals surface area contributed by atoms with Gasteiger partial charge >= 0.3 is 0 Å². The molecule has 2 aromatic rings. The standard InChI is InChI=1S/C27H36ClN5O4/c1-27(2)12-15(24(34)32-27)8-22(29-3)31-25(35)23-17-7-5-6-14(17)13-33(23)26(36)20-11-18-19(30-20)9-16(28)10-21(18)37-4/h9-11,14-15,17,22-23,29-30H,5-8,12-13H2,1-4H3,(H,31,35)(H,32,34). The molecule has 3 amide bonds. The lowest BCUT2D eigenvalue weighted by Gasteiger charge is -2.29. The Morgan fingerprint density at radius 1 is 1.27 bits per heavy atom. The molecule has 3 aliphatic rings. The molecule has 0 spiro atoms. The number of halogens is 1. The summed E-state index contributed by atoms with van der Waals surface area (Å²) in [5, 5.41) is 10.6. The number of nitrogens with one attached hydrogen (secondary N) is 4. The lowest BCUT2D eigenvalue weighted by Crippen LogP contribution is -2.54. The van der Waals surface area contributed by atoms with Crippen molar-refractivity contribution in [2.45, 2.75) is 63.7 Å². The summed E-state index contributed by atoms with van der Waals surface area (Å²) < 4.78 is 5.45. The third-order valence-electron chi connectivity index (χ3n) is 8.31. The van der Waals surface area contributed by atoms with E-state index in [-0.39, 0.29) is 41.3 Å². The van der Waals surface area contributed by atoms with Gasteiger partial charge in [-0.15, -0.1) is 0 Å². The second-order valence-corrected chi connectivity index (χ2v) is 11.8. The number of carbonyl (C=O) groups excluding carboxylic acids is 3. The van der Waals surface area contributed by atoms with Crippen LogP contribution in [0.15, 0.2) is 18.2 Å². The fourth-order valence-electron chi connectivity index (χ4n) is 6.64. The molecule has 4 N–H and O–H groups in total. The quantitative estimate of drug-likeness (QED) is 0.411. The monoisotopic (exact) mass is 529 g/mol. The highest BCUT2D eigenvalue weighted by molar-refractivity contribution is 6.31. The number of hydrogen-bond donors (Lipinski definition) is 4. The van der Waals surface area contributed by atoms with Crippen LogP contribution < -0.4 is 20.7 Å². The van der Waals surface area contributed by atoms with Gasteiger partial charge in [-0.3, -0.25) is 14.4 Å². The minimum atomic E-state index is -0.554. The van der Waals surface area contributed by atoms with E-state index in [9.17, 15) is 14.4 Å². The fourth-order valence-corrected chi connectivity index (χ4v) is 6.84. The molecule has 0 radical (unpaired) electrons. The second kappa shape index (κ2) is 9.83. The number of ether oxygens (including phenoxy) is 1. The van der Waals surface area contributed by atoms with E-state index in [4.69, 9.17) is 16.3 Å².